The lowest BCUT2D eigenvalue weighted by Gasteiger charge is -2.30. The summed E-state index contributed by atoms with van der Waals surface area (Å²) in [4.78, 5) is 11.5. The van der Waals surface area contributed by atoms with Gasteiger partial charge < -0.3 is 10.2 Å². The number of aromatic nitrogens is 4. The smallest absolute Gasteiger partial charge is 0.131 e. The zero-order valence-corrected chi connectivity index (χ0v) is 17.3. The Hall–Kier alpha value is -3.40. The van der Waals surface area contributed by atoms with Gasteiger partial charge in [0.05, 0.1) is 23.1 Å². The minimum absolute atomic E-state index is 0.276. The van der Waals surface area contributed by atoms with E-state index in [2.05, 4.69) is 52.3 Å². The molecule has 0 amide bonds. The molecular formula is C22H25N7. The van der Waals surface area contributed by atoms with E-state index in [9.17, 15) is 0 Å². The molecule has 0 spiro atoms. The summed E-state index contributed by atoms with van der Waals surface area (Å²) in [5.41, 5.74) is 5.88. The maximum Gasteiger partial charge on any atom is 0.131 e. The number of hydrogen-bond acceptors (Lipinski definition) is 6. The van der Waals surface area contributed by atoms with Crippen molar-refractivity contribution < 1.29 is 0 Å². The molecule has 1 aliphatic heterocycles. The summed E-state index contributed by atoms with van der Waals surface area (Å²) in [6, 6.07) is 8.54. The van der Waals surface area contributed by atoms with Gasteiger partial charge in [0, 0.05) is 43.5 Å². The fraction of sp³-hybridized carbons (Fsp3) is 0.364. The van der Waals surface area contributed by atoms with Gasteiger partial charge >= 0.3 is 0 Å². The first-order valence-corrected chi connectivity index (χ1v) is 9.87. The monoisotopic (exact) mass is 387 g/mol. The number of hydrogen-bond donors (Lipinski definition) is 1. The van der Waals surface area contributed by atoms with Gasteiger partial charge in [-0.25, -0.2) is 9.67 Å². The van der Waals surface area contributed by atoms with Crippen LogP contribution in [0.25, 0.3) is 0 Å². The van der Waals surface area contributed by atoms with Crippen molar-refractivity contribution >= 4 is 17.3 Å². The third-order valence-electron chi connectivity index (χ3n) is 5.14. The van der Waals surface area contributed by atoms with Crippen molar-refractivity contribution in [3.63, 3.8) is 0 Å². The van der Waals surface area contributed by atoms with E-state index in [1.165, 1.54) is 5.56 Å². The Kier molecular flexibility index (Phi) is 4.93. The second kappa shape index (κ2) is 7.55. The van der Waals surface area contributed by atoms with Crippen LogP contribution >= 0.6 is 0 Å². The highest BCUT2D eigenvalue weighted by Crippen LogP contribution is 2.28. The van der Waals surface area contributed by atoms with Crippen LogP contribution in [0.5, 0.6) is 0 Å². The van der Waals surface area contributed by atoms with Crippen LogP contribution in [0.3, 0.4) is 0 Å². The fourth-order valence-electron chi connectivity index (χ4n) is 3.79. The zero-order valence-electron chi connectivity index (χ0n) is 17.3. The Labute approximate surface area is 171 Å². The quantitative estimate of drug-likeness (QED) is 0.727. The summed E-state index contributed by atoms with van der Waals surface area (Å²) in [6.45, 7) is 9.86. The molecule has 0 atom stereocenters. The molecule has 0 bridgehead atoms. The van der Waals surface area contributed by atoms with Gasteiger partial charge in [0.1, 0.15) is 17.7 Å². The van der Waals surface area contributed by atoms with E-state index in [0.717, 1.165) is 53.8 Å². The third kappa shape index (κ3) is 3.79. The van der Waals surface area contributed by atoms with Crippen molar-refractivity contribution in [3.8, 4) is 6.07 Å². The molecule has 3 aromatic rings. The lowest BCUT2D eigenvalue weighted by atomic mass is 10.0. The summed E-state index contributed by atoms with van der Waals surface area (Å²) < 4.78 is 1.99. The van der Waals surface area contributed by atoms with Crippen molar-refractivity contribution in [2.24, 2.45) is 0 Å². The van der Waals surface area contributed by atoms with Crippen LogP contribution in [0.15, 0.2) is 30.6 Å². The number of nitriles is 1. The van der Waals surface area contributed by atoms with Gasteiger partial charge in [0.2, 0.25) is 0 Å². The van der Waals surface area contributed by atoms with E-state index in [1.54, 1.807) is 6.20 Å². The Balaban J connectivity index is 1.58. The Bertz CT molecular complexity index is 1090. The second-order valence-corrected chi connectivity index (χ2v) is 7.81. The number of pyridine rings is 2. The van der Waals surface area contributed by atoms with Crippen molar-refractivity contribution in [1.82, 2.24) is 19.7 Å². The fourth-order valence-corrected chi connectivity index (χ4v) is 3.79. The van der Waals surface area contributed by atoms with E-state index >= 15 is 0 Å². The molecule has 1 N–H and O–H groups in total. The van der Waals surface area contributed by atoms with E-state index in [-0.39, 0.29) is 6.04 Å². The highest BCUT2D eigenvalue weighted by molar-refractivity contribution is 5.59. The lowest BCUT2D eigenvalue weighted by Crippen LogP contribution is -2.32. The van der Waals surface area contributed by atoms with E-state index in [0.29, 0.717) is 5.56 Å². The molecule has 0 aliphatic carbocycles. The molecule has 0 aromatic carbocycles. The highest BCUT2D eigenvalue weighted by Gasteiger charge is 2.21. The molecular weight excluding hydrogens is 362 g/mol. The molecule has 4 rings (SSSR count). The van der Waals surface area contributed by atoms with E-state index in [4.69, 9.17) is 10.2 Å². The number of anilines is 3. The topological polar surface area (TPSA) is 82.7 Å². The van der Waals surface area contributed by atoms with E-state index in [1.807, 2.05) is 30.8 Å². The largest absolute Gasteiger partial charge is 0.352 e. The highest BCUT2D eigenvalue weighted by atomic mass is 15.3. The summed E-state index contributed by atoms with van der Waals surface area (Å²) in [7, 11) is 0. The van der Waals surface area contributed by atoms with Crippen molar-refractivity contribution in [2.75, 3.05) is 16.8 Å². The molecule has 1 aliphatic rings. The van der Waals surface area contributed by atoms with Gasteiger partial charge in [-0.05, 0) is 51.0 Å². The van der Waals surface area contributed by atoms with Crippen molar-refractivity contribution in [1.29, 1.82) is 5.26 Å². The van der Waals surface area contributed by atoms with Gasteiger partial charge in [0.15, 0.2) is 0 Å². The molecule has 7 nitrogen and oxygen atoms in total. The number of nitrogens with one attached hydrogen (secondary N) is 1. The van der Waals surface area contributed by atoms with Crippen LogP contribution in [-0.2, 0) is 13.0 Å². The van der Waals surface area contributed by atoms with E-state index < -0.39 is 0 Å². The molecule has 3 aromatic heterocycles. The van der Waals surface area contributed by atoms with Crippen LogP contribution < -0.4 is 10.2 Å². The second-order valence-electron chi connectivity index (χ2n) is 7.81. The Morgan fingerprint density at radius 1 is 1.14 bits per heavy atom. The zero-order chi connectivity index (χ0) is 20.5. The number of nitrogens with zero attached hydrogens (tertiary/aromatic N) is 6. The average Bonchev–Trinajstić information content (AvgIpc) is 3.07. The van der Waals surface area contributed by atoms with Gasteiger partial charge in [-0.3, -0.25) is 4.98 Å². The summed E-state index contributed by atoms with van der Waals surface area (Å²) in [5, 5.41) is 17.1. The summed E-state index contributed by atoms with van der Waals surface area (Å²) >= 11 is 0. The van der Waals surface area contributed by atoms with Crippen LogP contribution in [0.4, 0.5) is 17.3 Å². The molecule has 7 heteroatoms. The Morgan fingerprint density at radius 3 is 2.69 bits per heavy atom. The summed E-state index contributed by atoms with van der Waals surface area (Å²) in [6.07, 6.45) is 4.41. The molecule has 4 heterocycles. The lowest BCUT2D eigenvalue weighted by molar-refractivity contribution is 0.536. The molecule has 0 radical (unpaired) electrons. The predicted molar refractivity (Wildman–Crippen MR) is 113 cm³/mol. The minimum atomic E-state index is 0.276. The number of aryl methyl sites for hydroxylation is 2. The molecule has 0 saturated carbocycles. The molecule has 29 heavy (non-hydrogen) atoms. The first-order valence-electron chi connectivity index (χ1n) is 9.87. The molecule has 0 unspecified atom stereocenters. The van der Waals surface area contributed by atoms with Gasteiger partial charge in [-0.1, -0.05) is 0 Å². The van der Waals surface area contributed by atoms with Gasteiger partial charge in [-0.2, -0.15) is 10.4 Å². The predicted octanol–water partition coefficient (Wildman–Crippen LogP) is 4.05. The molecule has 0 fully saturated rings. The van der Waals surface area contributed by atoms with Gasteiger partial charge in [-0.15, -0.1) is 0 Å². The van der Waals surface area contributed by atoms with Crippen LogP contribution in [0.1, 0.15) is 48.0 Å². The van der Waals surface area contributed by atoms with Gasteiger partial charge in [0.25, 0.3) is 0 Å². The summed E-state index contributed by atoms with van der Waals surface area (Å²) in [5.74, 6) is 1.90. The number of rotatable bonds is 4. The van der Waals surface area contributed by atoms with Crippen LogP contribution in [-0.4, -0.2) is 26.3 Å². The first-order chi connectivity index (χ1) is 13.9. The average molecular weight is 387 g/mol. The minimum Gasteiger partial charge on any atom is -0.352 e. The maximum atomic E-state index is 9.08. The molecule has 148 valence electrons. The Morgan fingerprint density at radius 2 is 1.97 bits per heavy atom. The SMILES string of the molecule is Cc1cc(Nc2cnc3c(c2)CN(c2ncc(C#N)cc2C)CC3)n(C(C)C)n1. The third-order valence-corrected chi connectivity index (χ3v) is 5.14. The van der Waals surface area contributed by atoms with Crippen LogP contribution in [0, 0.1) is 25.2 Å². The maximum absolute atomic E-state index is 9.08. The first kappa shape index (κ1) is 18.9. The standard InChI is InChI=1S/C22H25N7/c1-14(2)29-21(8-16(4)27-29)26-19-9-18-13-28(6-5-20(18)24-12-19)22-15(3)7-17(10-23)11-25-22/h7-9,11-12,14,26H,5-6,13H2,1-4H3. The normalized spacial score (nSPS) is 13.3. The van der Waals surface area contributed by atoms with Crippen molar-refractivity contribution in [2.45, 2.75) is 46.7 Å². The number of fused-ring (bicyclic) bond motifs is 1. The van der Waals surface area contributed by atoms with Crippen molar-refractivity contribution in [3.05, 3.63) is 58.7 Å². The molecule has 0 saturated heterocycles. The van der Waals surface area contributed by atoms with Crippen LogP contribution in [0.2, 0.25) is 0 Å².